The second-order valence-electron chi connectivity index (χ2n) is 7.41. The zero-order chi connectivity index (χ0) is 25.7. The first-order valence-corrected chi connectivity index (χ1v) is 11.5. The Morgan fingerprint density at radius 3 is 2.03 bits per heavy atom. The Labute approximate surface area is 205 Å². The van der Waals surface area contributed by atoms with Crippen molar-refractivity contribution in [2.24, 2.45) is 0 Å². The topological polar surface area (TPSA) is 141 Å². The van der Waals surface area contributed by atoms with Gasteiger partial charge in [0.25, 0.3) is 17.3 Å². The van der Waals surface area contributed by atoms with Crippen molar-refractivity contribution in [3.63, 3.8) is 0 Å². The summed E-state index contributed by atoms with van der Waals surface area (Å²) in [7, 11) is 3.02. The second kappa shape index (κ2) is 11.1. The van der Waals surface area contributed by atoms with Crippen molar-refractivity contribution in [2.45, 2.75) is 13.8 Å². The zero-order valence-corrected chi connectivity index (χ0v) is 20.5. The largest absolute Gasteiger partial charge is 0.493 e. The lowest BCUT2D eigenvalue weighted by molar-refractivity contribution is -0.394. The smallest absolute Gasteiger partial charge is 0.277 e. The summed E-state index contributed by atoms with van der Waals surface area (Å²) in [6, 6.07) is 6.35. The number of amides is 1. The lowest BCUT2D eigenvalue weighted by Gasteiger charge is -2.24. The molecule has 0 fully saturated rings. The molecule has 0 saturated carbocycles. The van der Waals surface area contributed by atoms with E-state index in [2.05, 4.69) is 9.88 Å². The van der Waals surface area contributed by atoms with Gasteiger partial charge < -0.3 is 14.4 Å². The van der Waals surface area contributed by atoms with Crippen molar-refractivity contribution < 1.29 is 24.1 Å². The van der Waals surface area contributed by atoms with E-state index in [1.807, 2.05) is 13.8 Å². The molecule has 0 unspecified atom stereocenters. The number of anilines is 1. The molecule has 3 rings (SSSR count). The van der Waals surface area contributed by atoms with E-state index in [-0.39, 0.29) is 12.1 Å². The van der Waals surface area contributed by atoms with Gasteiger partial charge in [-0.3, -0.25) is 29.9 Å². The standard InChI is InChI=1S/C22H25N5O7S/c1-5-24(6-2)7-8-25(21(28)14-9-15(26(29)30)11-16(10-14)27(31)32)22-23-17-12-18(33-3)19(34-4)13-20(17)35-22/h9-13H,5-8H2,1-4H3. The highest BCUT2D eigenvalue weighted by Gasteiger charge is 2.27. The van der Waals surface area contributed by atoms with Crippen LogP contribution >= 0.6 is 11.3 Å². The predicted octanol–water partition coefficient (Wildman–Crippen LogP) is 4.12. The van der Waals surface area contributed by atoms with E-state index in [0.717, 1.165) is 36.0 Å². The summed E-state index contributed by atoms with van der Waals surface area (Å²) in [6.45, 7) is 6.25. The Balaban J connectivity index is 2.10. The van der Waals surface area contributed by atoms with Gasteiger partial charge in [0.2, 0.25) is 0 Å². The van der Waals surface area contributed by atoms with E-state index in [1.54, 1.807) is 12.1 Å². The molecule has 12 nitrogen and oxygen atoms in total. The lowest BCUT2D eigenvalue weighted by Crippen LogP contribution is -2.38. The quantitative estimate of drug-likeness (QED) is 0.279. The highest BCUT2D eigenvalue weighted by molar-refractivity contribution is 7.22. The lowest BCUT2D eigenvalue weighted by atomic mass is 10.1. The Morgan fingerprint density at radius 1 is 0.943 bits per heavy atom. The summed E-state index contributed by atoms with van der Waals surface area (Å²) in [6.07, 6.45) is 0. The number of fused-ring (bicyclic) bond motifs is 1. The van der Waals surface area contributed by atoms with Crippen molar-refractivity contribution in [2.75, 3.05) is 45.3 Å². The molecular formula is C22H25N5O7S. The fraction of sp³-hybridized carbons (Fsp3) is 0.364. The monoisotopic (exact) mass is 503 g/mol. The van der Waals surface area contributed by atoms with Crippen LogP contribution in [0.15, 0.2) is 30.3 Å². The third-order valence-corrected chi connectivity index (χ3v) is 6.51. The number of thiazole rings is 1. The molecule has 1 amide bonds. The third kappa shape index (κ3) is 5.63. The van der Waals surface area contributed by atoms with Crippen molar-refractivity contribution in [3.05, 3.63) is 56.1 Å². The van der Waals surface area contributed by atoms with Crippen molar-refractivity contribution in [1.82, 2.24) is 9.88 Å². The molecule has 13 heteroatoms. The number of hydrogen-bond donors (Lipinski definition) is 0. The second-order valence-corrected chi connectivity index (χ2v) is 8.42. The van der Waals surface area contributed by atoms with E-state index in [1.165, 1.54) is 30.5 Å². The van der Waals surface area contributed by atoms with Gasteiger partial charge in [-0.05, 0) is 13.1 Å². The van der Waals surface area contributed by atoms with Gasteiger partial charge in [-0.25, -0.2) is 4.98 Å². The highest BCUT2D eigenvalue weighted by Crippen LogP contribution is 2.38. The van der Waals surface area contributed by atoms with Crippen LogP contribution in [0.1, 0.15) is 24.2 Å². The molecule has 1 aromatic heterocycles. The number of aromatic nitrogens is 1. The summed E-state index contributed by atoms with van der Waals surface area (Å²) >= 11 is 1.24. The number of non-ortho nitro benzene ring substituents is 2. The van der Waals surface area contributed by atoms with Crippen LogP contribution in [0.2, 0.25) is 0 Å². The minimum absolute atomic E-state index is 0.167. The molecule has 0 bridgehead atoms. The number of likely N-dealkylation sites (N-methyl/N-ethyl adjacent to an activating group) is 1. The Morgan fingerprint density at radius 2 is 1.51 bits per heavy atom. The number of methoxy groups -OCH3 is 2. The number of benzene rings is 2. The van der Waals surface area contributed by atoms with Gasteiger partial charge in [0.15, 0.2) is 16.6 Å². The molecule has 1 heterocycles. The summed E-state index contributed by atoms with van der Waals surface area (Å²) in [5, 5.41) is 23.0. The summed E-state index contributed by atoms with van der Waals surface area (Å²) in [4.78, 5) is 42.8. The number of ether oxygens (including phenoxy) is 2. The molecular weight excluding hydrogens is 478 g/mol. The first-order chi connectivity index (χ1) is 16.7. The van der Waals surface area contributed by atoms with Gasteiger partial charge in [0, 0.05) is 37.4 Å². The maximum Gasteiger partial charge on any atom is 0.277 e. The number of hydrogen-bond acceptors (Lipinski definition) is 10. The number of rotatable bonds is 11. The van der Waals surface area contributed by atoms with Gasteiger partial charge >= 0.3 is 0 Å². The molecule has 0 radical (unpaired) electrons. The Hall–Kier alpha value is -3.84. The van der Waals surface area contributed by atoms with Crippen molar-refractivity contribution in [1.29, 1.82) is 0 Å². The van der Waals surface area contributed by atoms with E-state index in [9.17, 15) is 25.0 Å². The van der Waals surface area contributed by atoms with Crippen LogP contribution in [-0.2, 0) is 0 Å². The third-order valence-electron chi connectivity index (χ3n) is 5.46. The van der Waals surface area contributed by atoms with Crippen LogP contribution in [0.3, 0.4) is 0 Å². The first kappa shape index (κ1) is 25.8. The average Bonchev–Trinajstić information content (AvgIpc) is 3.27. The van der Waals surface area contributed by atoms with Gasteiger partial charge in [-0.1, -0.05) is 25.2 Å². The number of carbonyl (C=O) groups excluding carboxylic acids is 1. The number of nitrogens with zero attached hydrogens (tertiary/aromatic N) is 5. The fourth-order valence-corrected chi connectivity index (χ4v) is 4.51. The molecule has 186 valence electrons. The van der Waals surface area contributed by atoms with Crippen molar-refractivity contribution >= 4 is 44.0 Å². The molecule has 3 aromatic rings. The van der Waals surface area contributed by atoms with E-state index >= 15 is 0 Å². The summed E-state index contributed by atoms with van der Waals surface area (Å²) in [5.41, 5.74) is -0.664. The fourth-order valence-electron chi connectivity index (χ4n) is 3.51. The maximum atomic E-state index is 13.6. The molecule has 0 aliphatic rings. The molecule has 0 atom stereocenters. The SMILES string of the molecule is CCN(CC)CCN(C(=O)c1cc([N+](=O)[O-])cc([N+](=O)[O-])c1)c1nc2cc(OC)c(OC)cc2s1. The van der Waals surface area contributed by atoms with Crippen LogP contribution in [0.5, 0.6) is 11.5 Å². The highest BCUT2D eigenvalue weighted by atomic mass is 32.1. The Bertz CT molecular complexity index is 1190. The number of nitro benzene ring substituents is 2. The van der Waals surface area contributed by atoms with Gasteiger partial charge in [0.05, 0.1) is 45.9 Å². The van der Waals surface area contributed by atoms with Crippen LogP contribution in [0.4, 0.5) is 16.5 Å². The molecule has 35 heavy (non-hydrogen) atoms. The molecule has 0 spiro atoms. The van der Waals surface area contributed by atoms with E-state index < -0.39 is 27.1 Å². The predicted molar refractivity (Wildman–Crippen MR) is 132 cm³/mol. The molecule has 0 aliphatic heterocycles. The van der Waals surface area contributed by atoms with Crippen LogP contribution in [0, 0.1) is 20.2 Å². The maximum absolute atomic E-state index is 13.6. The normalized spacial score (nSPS) is 11.0. The number of nitro groups is 2. The van der Waals surface area contributed by atoms with Gasteiger partial charge in [-0.15, -0.1) is 0 Å². The van der Waals surface area contributed by atoms with Crippen molar-refractivity contribution in [3.8, 4) is 11.5 Å². The minimum Gasteiger partial charge on any atom is -0.493 e. The summed E-state index contributed by atoms with van der Waals surface area (Å²) in [5.74, 6) is 0.361. The molecule has 0 N–H and O–H groups in total. The molecule has 2 aromatic carbocycles. The van der Waals surface area contributed by atoms with Crippen LogP contribution in [-0.4, -0.2) is 66.0 Å². The van der Waals surface area contributed by atoms with E-state index in [4.69, 9.17) is 9.47 Å². The average molecular weight is 504 g/mol. The molecule has 0 saturated heterocycles. The zero-order valence-electron chi connectivity index (χ0n) is 19.7. The van der Waals surface area contributed by atoms with Gasteiger partial charge in [0.1, 0.15) is 0 Å². The first-order valence-electron chi connectivity index (χ1n) is 10.7. The minimum atomic E-state index is -0.764. The molecule has 0 aliphatic carbocycles. The number of carbonyl (C=O) groups is 1. The van der Waals surface area contributed by atoms with Crippen LogP contribution < -0.4 is 14.4 Å². The summed E-state index contributed by atoms with van der Waals surface area (Å²) < 4.78 is 11.4. The van der Waals surface area contributed by atoms with Gasteiger partial charge in [-0.2, -0.15) is 0 Å². The van der Waals surface area contributed by atoms with Crippen LogP contribution in [0.25, 0.3) is 10.2 Å². The van der Waals surface area contributed by atoms with E-state index in [0.29, 0.717) is 28.7 Å². The Kier molecular flexibility index (Phi) is 8.14.